The lowest BCUT2D eigenvalue weighted by Gasteiger charge is -2.26. The standard InChI is InChI=1S/C19H27N3O2/c1-4-24-12-8-11-21-14-18(13-20)19(23)22(16(2)3)15-17-9-6-5-7-10-17/h5-7,9-10,14,16,21H,4,8,11-12,15H2,1-3H3/b18-14-. The van der Waals surface area contributed by atoms with Crippen molar-refractivity contribution in [1.29, 1.82) is 5.26 Å². The van der Waals surface area contributed by atoms with Crippen LogP contribution in [0.25, 0.3) is 0 Å². The van der Waals surface area contributed by atoms with Gasteiger partial charge in [0, 0.05) is 38.5 Å². The summed E-state index contributed by atoms with van der Waals surface area (Å²) in [5.41, 5.74) is 1.16. The number of hydrogen-bond donors (Lipinski definition) is 1. The number of carbonyl (C=O) groups is 1. The summed E-state index contributed by atoms with van der Waals surface area (Å²) in [6, 6.07) is 11.8. The van der Waals surface area contributed by atoms with Crippen LogP contribution < -0.4 is 5.32 Å². The molecule has 1 amide bonds. The maximum Gasteiger partial charge on any atom is 0.266 e. The molecule has 0 spiro atoms. The lowest BCUT2D eigenvalue weighted by atomic mass is 10.1. The first-order chi connectivity index (χ1) is 11.6. The van der Waals surface area contributed by atoms with Gasteiger partial charge in [-0.1, -0.05) is 30.3 Å². The van der Waals surface area contributed by atoms with Crippen molar-refractivity contribution in [3.63, 3.8) is 0 Å². The molecule has 1 rings (SSSR count). The summed E-state index contributed by atoms with van der Waals surface area (Å²) in [6.45, 7) is 8.36. The van der Waals surface area contributed by atoms with Crippen molar-refractivity contribution in [2.45, 2.75) is 39.8 Å². The van der Waals surface area contributed by atoms with Gasteiger partial charge in [0.25, 0.3) is 5.91 Å². The smallest absolute Gasteiger partial charge is 0.266 e. The predicted molar refractivity (Wildman–Crippen MR) is 94.9 cm³/mol. The first-order valence-corrected chi connectivity index (χ1v) is 8.36. The Morgan fingerprint density at radius 3 is 2.67 bits per heavy atom. The van der Waals surface area contributed by atoms with Gasteiger partial charge in [-0.15, -0.1) is 0 Å². The molecule has 0 unspecified atom stereocenters. The van der Waals surface area contributed by atoms with Gasteiger partial charge < -0.3 is 15.0 Å². The fourth-order valence-electron chi connectivity index (χ4n) is 2.16. The van der Waals surface area contributed by atoms with E-state index in [4.69, 9.17) is 4.74 Å². The molecule has 0 aromatic heterocycles. The van der Waals surface area contributed by atoms with Crippen LogP contribution in [-0.2, 0) is 16.1 Å². The van der Waals surface area contributed by atoms with Crippen molar-refractivity contribution in [1.82, 2.24) is 10.2 Å². The van der Waals surface area contributed by atoms with Crippen molar-refractivity contribution in [2.75, 3.05) is 19.8 Å². The highest BCUT2D eigenvalue weighted by molar-refractivity contribution is 5.97. The Morgan fingerprint density at radius 1 is 1.38 bits per heavy atom. The molecule has 1 aromatic carbocycles. The summed E-state index contributed by atoms with van der Waals surface area (Å²) >= 11 is 0. The zero-order valence-electron chi connectivity index (χ0n) is 14.8. The maximum absolute atomic E-state index is 12.7. The number of benzene rings is 1. The molecule has 0 saturated carbocycles. The molecule has 5 heteroatoms. The Labute approximate surface area is 144 Å². The van der Waals surface area contributed by atoms with Gasteiger partial charge in [0.15, 0.2) is 0 Å². The van der Waals surface area contributed by atoms with Crippen molar-refractivity contribution in [3.05, 3.63) is 47.7 Å². The monoisotopic (exact) mass is 329 g/mol. The van der Waals surface area contributed by atoms with Crippen LogP contribution >= 0.6 is 0 Å². The van der Waals surface area contributed by atoms with Crippen molar-refractivity contribution in [3.8, 4) is 6.07 Å². The average molecular weight is 329 g/mol. The van der Waals surface area contributed by atoms with Gasteiger partial charge in [-0.3, -0.25) is 4.79 Å². The number of carbonyl (C=O) groups excluding carboxylic acids is 1. The zero-order valence-corrected chi connectivity index (χ0v) is 14.8. The maximum atomic E-state index is 12.7. The van der Waals surface area contributed by atoms with Crippen LogP contribution in [0.15, 0.2) is 42.1 Å². The highest BCUT2D eigenvalue weighted by Gasteiger charge is 2.21. The Morgan fingerprint density at radius 2 is 2.08 bits per heavy atom. The molecule has 0 heterocycles. The van der Waals surface area contributed by atoms with Crippen LogP contribution in [0.4, 0.5) is 0 Å². The second-order valence-electron chi connectivity index (χ2n) is 5.69. The number of ether oxygens (including phenoxy) is 1. The van der Waals surface area contributed by atoms with E-state index in [0.29, 0.717) is 26.3 Å². The molecular formula is C19H27N3O2. The molecule has 0 aliphatic carbocycles. The minimum absolute atomic E-state index is 0.00686. The Hall–Kier alpha value is -2.32. The molecule has 130 valence electrons. The molecule has 0 saturated heterocycles. The van der Waals surface area contributed by atoms with Gasteiger partial charge in [-0.2, -0.15) is 5.26 Å². The van der Waals surface area contributed by atoms with Gasteiger partial charge in [-0.25, -0.2) is 0 Å². The Kier molecular flexibility index (Phi) is 9.25. The summed E-state index contributed by atoms with van der Waals surface area (Å²) < 4.78 is 5.25. The molecule has 0 aliphatic rings. The summed E-state index contributed by atoms with van der Waals surface area (Å²) in [6.07, 6.45) is 2.34. The highest BCUT2D eigenvalue weighted by atomic mass is 16.5. The van der Waals surface area contributed by atoms with Crippen LogP contribution in [0.1, 0.15) is 32.8 Å². The van der Waals surface area contributed by atoms with Gasteiger partial charge >= 0.3 is 0 Å². The lowest BCUT2D eigenvalue weighted by Crippen LogP contribution is -2.37. The summed E-state index contributed by atoms with van der Waals surface area (Å²) in [5, 5.41) is 12.3. The molecule has 0 aliphatic heterocycles. The second kappa shape index (κ2) is 11.3. The van der Waals surface area contributed by atoms with Crippen LogP contribution in [0.3, 0.4) is 0 Å². The number of nitriles is 1. The van der Waals surface area contributed by atoms with Gasteiger partial charge in [0.2, 0.25) is 0 Å². The third-order valence-electron chi connectivity index (χ3n) is 3.49. The topological polar surface area (TPSA) is 65.4 Å². The number of nitrogens with zero attached hydrogens (tertiary/aromatic N) is 2. The third kappa shape index (κ3) is 6.84. The minimum Gasteiger partial charge on any atom is -0.390 e. The minimum atomic E-state index is -0.256. The van der Waals surface area contributed by atoms with E-state index >= 15 is 0 Å². The van der Waals surface area contributed by atoms with E-state index in [1.807, 2.05) is 57.2 Å². The molecule has 5 nitrogen and oxygen atoms in total. The molecule has 0 fully saturated rings. The van der Waals surface area contributed by atoms with Gasteiger partial charge in [0.05, 0.1) is 0 Å². The number of hydrogen-bond acceptors (Lipinski definition) is 4. The fraction of sp³-hybridized carbons (Fsp3) is 0.474. The third-order valence-corrected chi connectivity index (χ3v) is 3.49. The van der Waals surface area contributed by atoms with E-state index < -0.39 is 0 Å². The summed E-state index contributed by atoms with van der Waals surface area (Å²) in [4.78, 5) is 14.4. The Balaban J connectivity index is 2.67. The molecule has 1 N–H and O–H groups in total. The largest absolute Gasteiger partial charge is 0.390 e. The van der Waals surface area contributed by atoms with E-state index in [2.05, 4.69) is 5.32 Å². The first kappa shape index (κ1) is 19.7. The number of amides is 1. The summed E-state index contributed by atoms with van der Waals surface area (Å²) in [7, 11) is 0. The van der Waals surface area contributed by atoms with Crippen molar-refractivity contribution < 1.29 is 9.53 Å². The quantitative estimate of drug-likeness (QED) is 0.407. The summed E-state index contributed by atoms with van der Waals surface area (Å²) in [5.74, 6) is -0.256. The van der Waals surface area contributed by atoms with Crippen molar-refractivity contribution >= 4 is 5.91 Å². The van der Waals surface area contributed by atoms with Crippen LogP contribution in [0, 0.1) is 11.3 Å². The van der Waals surface area contributed by atoms with Gasteiger partial charge in [-0.05, 0) is 32.8 Å². The van der Waals surface area contributed by atoms with E-state index in [9.17, 15) is 10.1 Å². The molecule has 0 bridgehead atoms. The predicted octanol–water partition coefficient (Wildman–Crippen LogP) is 2.85. The number of rotatable bonds is 10. The second-order valence-corrected chi connectivity index (χ2v) is 5.69. The van der Waals surface area contributed by atoms with E-state index in [0.717, 1.165) is 12.0 Å². The van der Waals surface area contributed by atoms with Crippen LogP contribution in [0.5, 0.6) is 0 Å². The highest BCUT2D eigenvalue weighted by Crippen LogP contribution is 2.12. The zero-order chi connectivity index (χ0) is 17.8. The molecule has 0 atom stereocenters. The molecule has 0 radical (unpaired) electrons. The number of nitrogens with one attached hydrogen (secondary N) is 1. The molecule has 24 heavy (non-hydrogen) atoms. The first-order valence-electron chi connectivity index (χ1n) is 8.36. The van der Waals surface area contributed by atoms with Crippen molar-refractivity contribution in [2.24, 2.45) is 0 Å². The average Bonchev–Trinajstić information content (AvgIpc) is 2.59. The SMILES string of the molecule is CCOCCCN/C=C(/C#N)C(=O)N(Cc1ccccc1)C(C)C. The van der Waals surface area contributed by atoms with E-state index in [1.54, 1.807) is 4.90 Å². The molecule has 1 aromatic rings. The molecular weight excluding hydrogens is 302 g/mol. The van der Waals surface area contributed by atoms with E-state index in [-0.39, 0.29) is 17.5 Å². The normalized spacial score (nSPS) is 11.2. The van der Waals surface area contributed by atoms with E-state index in [1.165, 1.54) is 6.20 Å². The Bertz CT molecular complexity index is 562. The van der Waals surface area contributed by atoms with Crippen LogP contribution in [0.2, 0.25) is 0 Å². The fourth-order valence-corrected chi connectivity index (χ4v) is 2.16. The van der Waals surface area contributed by atoms with Gasteiger partial charge in [0.1, 0.15) is 11.6 Å². The van der Waals surface area contributed by atoms with Crippen LogP contribution in [-0.4, -0.2) is 36.6 Å². The lowest BCUT2D eigenvalue weighted by molar-refractivity contribution is -0.129.